The van der Waals surface area contributed by atoms with Crippen molar-refractivity contribution in [1.29, 1.82) is 0 Å². The van der Waals surface area contributed by atoms with E-state index in [4.69, 9.17) is 14.2 Å². The number of carbonyl (C=O) groups excluding carboxylic acids is 1. The van der Waals surface area contributed by atoms with Gasteiger partial charge in [0.2, 0.25) is 11.7 Å². The molecule has 1 aliphatic heterocycles. The first-order valence-electron chi connectivity index (χ1n) is 11.9. The topological polar surface area (TPSA) is 51.2 Å². The maximum Gasteiger partial charge on any atom is 0.226 e. The van der Waals surface area contributed by atoms with E-state index in [0.717, 1.165) is 57.4 Å². The summed E-state index contributed by atoms with van der Waals surface area (Å²) < 4.78 is 16.6. The Morgan fingerprint density at radius 2 is 1.67 bits per heavy atom. The van der Waals surface area contributed by atoms with Crippen LogP contribution in [0.2, 0.25) is 0 Å². The van der Waals surface area contributed by atoms with Crippen molar-refractivity contribution in [3.8, 4) is 17.2 Å². The van der Waals surface area contributed by atoms with Gasteiger partial charge in [-0.25, -0.2) is 0 Å². The highest BCUT2D eigenvalue weighted by Gasteiger charge is 2.29. The van der Waals surface area contributed by atoms with Crippen molar-refractivity contribution in [2.24, 2.45) is 5.92 Å². The molecule has 6 nitrogen and oxygen atoms in total. The van der Waals surface area contributed by atoms with Crippen LogP contribution in [0.25, 0.3) is 0 Å². The lowest BCUT2D eigenvalue weighted by Gasteiger charge is -2.34. The average molecular weight is 455 g/mol. The molecule has 0 saturated carbocycles. The Kier molecular flexibility index (Phi) is 9.43. The molecule has 0 spiro atoms. The summed E-state index contributed by atoms with van der Waals surface area (Å²) in [6.45, 7) is 6.23. The van der Waals surface area contributed by atoms with Crippen LogP contribution in [0.4, 0.5) is 0 Å². The number of likely N-dealkylation sites (tertiary alicyclic amines) is 1. The van der Waals surface area contributed by atoms with Gasteiger partial charge in [0.15, 0.2) is 11.5 Å². The molecule has 1 heterocycles. The van der Waals surface area contributed by atoms with Gasteiger partial charge in [-0.05, 0) is 44.0 Å². The van der Waals surface area contributed by atoms with Gasteiger partial charge in [-0.15, -0.1) is 0 Å². The molecule has 1 aliphatic rings. The van der Waals surface area contributed by atoms with Gasteiger partial charge in [0.25, 0.3) is 0 Å². The molecule has 2 aromatic rings. The molecule has 0 N–H and O–H groups in total. The van der Waals surface area contributed by atoms with Gasteiger partial charge in [-0.1, -0.05) is 49.7 Å². The molecule has 180 valence electrons. The number of hydrogen-bond acceptors (Lipinski definition) is 5. The molecule has 1 amide bonds. The zero-order chi connectivity index (χ0) is 23.6. The summed E-state index contributed by atoms with van der Waals surface area (Å²) in [5.74, 6) is 2.39. The highest BCUT2D eigenvalue weighted by molar-refractivity contribution is 5.79. The second-order valence-electron chi connectivity index (χ2n) is 8.64. The third-order valence-corrected chi connectivity index (χ3v) is 6.43. The molecule has 0 radical (unpaired) electrons. The molecule has 0 aromatic heterocycles. The molecule has 33 heavy (non-hydrogen) atoms. The fraction of sp³-hybridized carbons (Fsp3) is 0.519. The third-order valence-electron chi connectivity index (χ3n) is 6.43. The van der Waals surface area contributed by atoms with Gasteiger partial charge in [-0.2, -0.15) is 0 Å². The van der Waals surface area contributed by atoms with E-state index >= 15 is 0 Å². The number of amides is 1. The Morgan fingerprint density at radius 3 is 2.27 bits per heavy atom. The molecule has 2 aromatic carbocycles. The molecule has 6 heteroatoms. The van der Waals surface area contributed by atoms with Crippen LogP contribution in [0.15, 0.2) is 42.5 Å². The maximum atomic E-state index is 13.4. The number of carbonyl (C=O) groups is 1. The van der Waals surface area contributed by atoms with Crippen molar-refractivity contribution in [2.45, 2.75) is 45.7 Å². The SMILES string of the molecule is CCCCN(Cc1ccccc1)C(=O)C1CCN(Cc2ccc(OC)c(OC)c2OC)CC1. The predicted molar refractivity (Wildman–Crippen MR) is 131 cm³/mol. The zero-order valence-electron chi connectivity index (χ0n) is 20.5. The van der Waals surface area contributed by atoms with E-state index in [9.17, 15) is 4.79 Å². The van der Waals surface area contributed by atoms with Crippen LogP contribution in [0.1, 0.15) is 43.7 Å². The minimum absolute atomic E-state index is 0.0918. The minimum atomic E-state index is 0.0918. The van der Waals surface area contributed by atoms with E-state index in [1.54, 1.807) is 21.3 Å². The molecule has 0 aliphatic carbocycles. The van der Waals surface area contributed by atoms with E-state index in [-0.39, 0.29) is 5.92 Å². The fourth-order valence-electron chi connectivity index (χ4n) is 4.54. The largest absolute Gasteiger partial charge is 0.493 e. The van der Waals surface area contributed by atoms with Crippen LogP contribution >= 0.6 is 0 Å². The summed E-state index contributed by atoms with van der Waals surface area (Å²) in [4.78, 5) is 17.8. The highest BCUT2D eigenvalue weighted by Crippen LogP contribution is 2.40. The first-order chi connectivity index (χ1) is 16.1. The molecular formula is C27H38N2O4. The number of piperidine rings is 1. The van der Waals surface area contributed by atoms with Gasteiger partial charge < -0.3 is 19.1 Å². The lowest BCUT2D eigenvalue weighted by Crippen LogP contribution is -2.42. The van der Waals surface area contributed by atoms with Crippen LogP contribution in [0.3, 0.4) is 0 Å². The van der Waals surface area contributed by atoms with Crippen LogP contribution in [0.5, 0.6) is 17.2 Å². The Balaban J connectivity index is 1.62. The van der Waals surface area contributed by atoms with Gasteiger partial charge >= 0.3 is 0 Å². The van der Waals surface area contributed by atoms with Crippen molar-refractivity contribution in [1.82, 2.24) is 9.80 Å². The van der Waals surface area contributed by atoms with Crippen LogP contribution in [-0.4, -0.2) is 56.7 Å². The quantitative estimate of drug-likeness (QED) is 0.490. The van der Waals surface area contributed by atoms with Gasteiger partial charge in [0, 0.05) is 31.1 Å². The average Bonchev–Trinajstić information content (AvgIpc) is 2.86. The monoisotopic (exact) mass is 454 g/mol. The van der Waals surface area contributed by atoms with E-state index in [1.807, 2.05) is 30.3 Å². The lowest BCUT2D eigenvalue weighted by molar-refractivity contribution is -0.137. The molecule has 0 bridgehead atoms. The summed E-state index contributed by atoms with van der Waals surface area (Å²) in [7, 11) is 4.91. The van der Waals surface area contributed by atoms with Gasteiger partial charge in [-0.3, -0.25) is 9.69 Å². The smallest absolute Gasteiger partial charge is 0.226 e. The van der Waals surface area contributed by atoms with E-state index in [0.29, 0.717) is 29.7 Å². The summed E-state index contributed by atoms with van der Waals surface area (Å²) in [6, 6.07) is 14.3. The second-order valence-corrected chi connectivity index (χ2v) is 8.64. The van der Waals surface area contributed by atoms with Crippen molar-refractivity contribution in [3.05, 3.63) is 53.6 Å². The van der Waals surface area contributed by atoms with Crippen LogP contribution < -0.4 is 14.2 Å². The van der Waals surface area contributed by atoms with E-state index < -0.39 is 0 Å². The zero-order valence-corrected chi connectivity index (χ0v) is 20.5. The van der Waals surface area contributed by atoms with E-state index in [1.165, 1.54) is 5.56 Å². The molecule has 0 atom stereocenters. The first-order valence-corrected chi connectivity index (χ1v) is 11.9. The van der Waals surface area contributed by atoms with Crippen LogP contribution in [0, 0.1) is 5.92 Å². The van der Waals surface area contributed by atoms with Crippen molar-refractivity contribution >= 4 is 5.91 Å². The summed E-state index contributed by atoms with van der Waals surface area (Å²) in [5.41, 5.74) is 2.26. The van der Waals surface area contributed by atoms with E-state index in [2.05, 4.69) is 28.9 Å². The molecule has 1 fully saturated rings. The number of rotatable bonds is 11. The first kappa shape index (κ1) is 24.9. The number of benzene rings is 2. The fourth-order valence-corrected chi connectivity index (χ4v) is 4.54. The lowest BCUT2D eigenvalue weighted by atomic mass is 9.94. The Bertz CT molecular complexity index is 879. The third kappa shape index (κ3) is 6.41. The highest BCUT2D eigenvalue weighted by atomic mass is 16.5. The Morgan fingerprint density at radius 1 is 0.970 bits per heavy atom. The second kappa shape index (κ2) is 12.5. The van der Waals surface area contributed by atoms with Gasteiger partial charge in [0.1, 0.15) is 0 Å². The summed E-state index contributed by atoms with van der Waals surface area (Å²) >= 11 is 0. The standard InChI is InChI=1S/C27H38N2O4/c1-5-6-16-29(19-21-10-8-7-9-11-21)27(30)22-14-17-28(18-15-22)20-23-12-13-24(31-2)26(33-4)25(23)32-3/h7-13,22H,5-6,14-20H2,1-4H3. The Labute approximate surface area is 198 Å². The molecule has 3 rings (SSSR count). The minimum Gasteiger partial charge on any atom is -0.493 e. The number of hydrogen-bond donors (Lipinski definition) is 0. The number of nitrogens with zero attached hydrogens (tertiary/aromatic N) is 2. The van der Waals surface area contributed by atoms with Crippen molar-refractivity contribution in [2.75, 3.05) is 41.0 Å². The Hall–Kier alpha value is -2.73. The van der Waals surface area contributed by atoms with Crippen molar-refractivity contribution in [3.63, 3.8) is 0 Å². The van der Waals surface area contributed by atoms with Crippen LogP contribution in [-0.2, 0) is 17.9 Å². The summed E-state index contributed by atoms with van der Waals surface area (Å²) in [5, 5.41) is 0. The van der Waals surface area contributed by atoms with Crippen molar-refractivity contribution < 1.29 is 19.0 Å². The normalized spacial score (nSPS) is 14.7. The van der Waals surface area contributed by atoms with Gasteiger partial charge in [0.05, 0.1) is 21.3 Å². The molecule has 0 unspecified atom stereocenters. The number of unbranched alkanes of at least 4 members (excludes halogenated alkanes) is 1. The number of ether oxygens (including phenoxy) is 3. The summed E-state index contributed by atoms with van der Waals surface area (Å²) in [6.07, 6.45) is 3.89. The predicted octanol–water partition coefficient (Wildman–Crippen LogP) is 4.75. The molecular weight excluding hydrogens is 416 g/mol. The molecule has 1 saturated heterocycles. The maximum absolute atomic E-state index is 13.4. The number of methoxy groups -OCH3 is 3.